The van der Waals surface area contributed by atoms with Crippen LogP contribution in [-0.2, 0) is 0 Å². The first-order chi connectivity index (χ1) is 11.1. The Hall–Kier alpha value is -2.56. The molecule has 5 heteroatoms. The Morgan fingerprint density at radius 1 is 0.957 bits per heavy atom. The lowest BCUT2D eigenvalue weighted by molar-refractivity contribution is 0.0535. The van der Waals surface area contributed by atoms with Crippen molar-refractivity contribution >= 4 is 11.8 Å². The average Bonchev–Trinajstić information content (AvgIpc) is 3.08. The van der Waals surface area contributed by atoms with Gasteiger partial charge in [0.2, 0.25) is 0 Å². The fraction of sp³-hybridized carbons (Fsp3) is 0.333. The van der Waals surface area contributed by atoms with E-state index in [9.17, 15) is 9.59 Å². The molecule has 2 amide bonds. The third kappa shape index (κ3) is 3.13. The van der Waals surface area contributed by atoms with Gasteiger partial charge in [-0.25, -0.2) is 0 Å². The number of piperazine rings is 1. The second kappa shape index (κ2) is 6.28. The van der Waals surface area contributed by atoms with E-state index in [4.69, 9.17) is 0 Å². The van der Waals surface area contributed by atoms with Crippen molar-refractivity contribution in [1.82, 2.24) is 14.8 Å². The summed E-state index contributed by atoms with van der Waals surface area (Å²) in [5.41, 5.74) is 3.57. The Kier molecular flexibility index (Phi) is 4.19. The number of benzene rings is 1. The number of hydrogen-bond donors (Lipinski definition) is 1. The zero-order valence-corrected chi connectivity index (χ0v) is 13.5. The van der Waals surface area contributed by atoms with Crippen LogP contribution in [-0.4, -0.2) is 52.8 Å². The van der Waals surface area contributed by atoms with E-state index in [1.54, 1.807) is 23.4 Å². The molecule has 0 spiro atoms. The minimum Gasteiger partial charge on any atom is -0.367 e. The van der Waals surface area contributed by atoms with Crippen molar-refractivity contribution in [2.24, 2.45) is 0 Å². The van der Waals surface area contributed by atoms with Gasteiger partial charge in [-0.1, -0.05) is 17.7 Å². The van der Waals surface area contributed by atoms with E-state index >= 15 is 0 Å². The first kappa shape index (κ1) is 15.3. The van der Waals surface area contributed by atoms with Crippen LogP contribution in [0, 0.1) is 13.8 Å². The van der Waals surface area contributed by atoms with Crippen molar-refractivity contribution in [3.63, 3.8) is 0 Å². The summed E-state index contributed by atoms with van der Waals surface area (Å²) in [4.78, 5) is 31.5. The number of carbonyl (C=O) groups excluding carboxylic acids is 2. The summed E-state index contributed by atoms with van der Waals surface area (Å²) in [7, 11) is 0. The molecule has 2 heterocycles. The number of nitrogens with zero attached hydrogens (tertiary/aromatic N) is 2. The largest absolute Gasteiger partial charge is 0.367 e. The third-order valence-electron chi connectivity index (χ3n) is 4.31. The van der Waals surface area contributed by atoms with Crippen molar-refractivity contribution in [2.45, 2.75) is 13.8 Å². The molecule has 1 N–H and O–H groups in total. The molecule has 0 unspecified atom stereocenters. The Labute approximate surface area is 135 Å². The maximum atomic E-state index is 12.7. The Balaban J connectivity index is 1.64. The third-order valence-corrected chi connectivity index (χ3v) is 4.31. The van der Waals surface area contributed by atoms with Crippen LogP contribution >= 0.6 is 0 Å². The second-order valence-corrected chi connectivity index (χ2v) is 6.00. The molecular formula is C18H21N3O2. The topological polar surface area (TPSA) is 56.4 Å². The number of hydrogen-bond acceptors (Lipinski definition) is 2. The van der Waals surface area contributed by atoms with E-state index in [0.29, 0.717) is 31.7 Å². The first-order valence-electron chi connectivity index (χ1n) is 7.85. The molecule has 23 heavy (non-hydrogen) atoms. The van der Waals surface area contributed by atoms with Gasteiger partial charge >= 0.3 is 0 Å². The van der Waals surface area contributed by atoms with E-state index in [-0.39, 0.29) is 11.8 Å². The summed E-state index contributed by atoms with van der Waals surface area (Å²) >= 11 is 0. The molecule has 0 bridgehead atoms. The average molecular weight is 311 g/mol. The SMILES string of the molecule is Cc1ccc(C(=O)N2CCN(C(=O)c3cc[nH]c3)CC2)c(C)c1. The highest BCUT2D eigenvalue weighted by Gasteiger charge is 2.26. The summed E-state index contributed by atoms with van der Waals surface area (Å²) < 4.78 is 0. The lowest BCUT2D eigenvalue weighted by Gasteiger charge is -2.35. The number of amides is 2. The van der Waals surface area contributed by atoms with Gasteiger partial charge in [0, 0.05) is 44.1 Å². The van der Waals surface area contributed by atoms with Crippen molar-refractivity contribution in [3.8, 4) is 0 Å². The second-order valence-electron chi connectivity index (χ2n) is 6.00. The summed E-state index contributed by atoms with van der Waals surface area (Å²) in [6.07, 6.45) is 3.45. The minimum absolute atomic E-state index is 0.0184. The zero-order chi connectivity index (χ0) is 16.4. The van der Waals surface area contributed by atoms with E-state index < -0.39 is 0 Å². The molecule has 1 aliphatic rings. The summed E-state index contributed by atoms with van der Waals surface area (Å²) in [5, 5.41) is 0. The number of H-pyrrole nitrogens is 1. The van der Waals surface area contributed by atoms with Crippen LogP contribution in [0.2, 0.25) is 0 Å². The van der Waals surface area contributed by atoms with Gasteiger partial charge in [0.1, 0.15) is 0 Å². The van der Waals surface area contributed by atoms with E-state index in [2.05, 4.69) is 4.98 Å². The van der Waals surface area contributed by atoms with Crippen LogP contribution in [0.25, 0.3) is 0 Å². The smallest absolute Gasteiger partial charge is 0.255 e. The van der Waals surface area contributed by atoms with Gasteiger partial charge < -0.3 is 14.8 Å². The molecule has 0 atom stereocenters. The van der Waals surface area contributed by atoms with E-state index in [1.165, 1.54) is 0 Å². The first-order valence-corrected chi connectivity index (χ1v) is 7.85. The van der Waals surface area contributed by atoms with Gasteiger partial charge in [0.25, 0.3) is 11.8 Å². The molecule has 1 fully saturated rings. The van der Waals surface area contributed by atoms with Crippen molar-refractivity contribution in [3.05, 3.63) is 58.9 Å². The summed E-state index contributed by atoms with van der Waals surface area (Å²) in [6.45, 7) is 6.27. The van der Waals surface area contributed by atoms with Crippen LogP contribution < -0.4 is 0 Å². The molecule has 0 radical (unpaired) electrons. The number of carbonyl (C=O) groups is 2. The zero-order valence-electron chi connectivity index (χ0n) is 13.5. The maximum Gasteiger partial charge on any atom is 0.255 e. The molecule has 0 saturated carbocycles. The maximum absolute atomic E-state index is 12.7. The number of aryl methyl sites for hydroxylation is 2. The number of aromatic nitrogens is 1. The molecule has 1 saturated heterocycles. The normalized spacial score (nSPS) is 14.9. The van der Waals surface area contributed by atoms with Crippen molar-refractivity contribution in [2.75, 3.05) is 26.2 Å². The number of rotatable bonds is 2. The van der Waals surface area contributed by atoms with Crippen LogP contribution in [0.15, 0.2) is 36.7 Å². The van der Waals surface area contributed by atoms with Crippen LogP contribution in [0.1, 0.15) is 31.8 Å². The predicted octanol–water partition coefficient (Wildman–Crippen LogP) is 2.23. The van der Waals surface area contributed by atoms with Gasteiger partial charge in [-0.05, 0) is 31.5 Å². The molecular weight excluding hydrogens is 290 g/mol. The predicted molar refractivity (Wildman–Crippen MR) is 88.5 cm³/mol. The molecule has 1 aromatic carbocycles. The number of aromatic amines is 1. The molecule has 1 aromatic heterocycles. The Bertz CT molecular complexity index is 714. The molecule has 0 aliphatic carbocycles. The van der Waals surface area contributed by atoms with Gasteiger partial charge in [0.05, 0.1) is 5.56 Å². The molecule has 2 aromatic rings. The van der Waals surface area contributed by atoms with Crippen molar-refractivity contribution < 1.29 is 9.59 Å². The molecule has 3 rings (SSSR count). The van der Waals surface area contributed by atoms with E-state index in [0.717, 1.165) is 16.7 Å². The molecule has 120 valence electrons. The molecule has 1 aliphatic heterocycles. The van der Waals surface area contributed by atoms with E-state index in [1.807, 2.05) is 36.9 Å². The van der Waals surface area contributed by atoms with Gasteiger partial charge in [-0.2, -0.15) is 0 Å². The fourth-order valence-corrected chi connectivity index (χ4v) is 2.98. The van der Waals surface area contributed by atoms with Gasteiger partial charge in [-0.3, -0.25) is 9.59 Å². The summed E-state index contributed by atoms with van der Waals surface area (Å²) in [6, 6.07) is 7.66. The highest BCUT2D eigenvalue weighted by molar-refractivity contribution is 5.96. The molecule has 5 nitrogen and oxygen atoms in total. The van der Waals surface area contributed by atoms with Crippen LogP contribution in [0.4, 0.5) is 0 Å². The number of nitrogens with one attached hydrogen (secondary N) is 1. The van der Waals surface area contributed by atoms with Gasteiger partial charge in [-0.15, -0.1) is 0 Å². The fourth-order valence-electron chi connectivity index (χ4n) is 2.98. The minimum atomic E-state index is 0.0184. The standard InChI is InChI=1S/C18H21N3O2/c1-13-3-4-16(14(2)11-13)18(23)21-9-7-20(8-10-21)17(22)15-5-6-19-12-15/h3-6,11-12,19H,7-10H2,1-2H3. The monoisotopic (exact) mass is 311 g/mol. The highest BCUT2D eigenvalue weighted by atomic mass is 16.2. The van der Waals surface area contributed by atoms with Crippen LogP contribution in [0.3, 0.4) is 0 Å². The Morgan fingerprint density at radius 2 is 1.61 bits per heavy atom. The highest BCUT2D eigenvalue weighted by Crippen LogP contribution is 2.15. The van der Waals surface area contributed by atoms with Gasteiger partial charge in [0.15, 0.2) is 0 Å². The summed E-state index contributed by atoms with van der Waals surface area (Å²) in [5.74, 6) is 0.0705. The van der Waals surface area contributed by atoms with Crippen LogP contribution in [0.5, 0.6) is 0 Å². The lowest BCUT2D eigenvalue weighted by Crippen LogP contribution is -2.50. The Morgan fingerprint density at radius 3 is 2.17 bits per heavy atom. The quantitative estimate of drug-likeness (QED) is 0.924. The van der Waals surface area contributed by atoms with Crippen molar-refractivity contribution in [1.29, 1.82) is 0 Å². The lowest BCUT2D eigenvalue weighted by atomic mass is 10.0.